The lowest BCUT2D eigenvalue weighted by atomic mass is 9.87. The van der Waals surface area contributed by atoms with E-state index in [-0.39, 0.29) is 11.8 Å². The Morgan fingerprint density at radius 2 is 1.83 bits per heavy atom. The number of aliphatic hydroxyl groups is 1. The minimum Gasteiger partial charge on any atom is -0.422 e. The molecule has 2 rings (SSSR count). The summed E-state index contributed by atoms with van der Waals surface area (Å²) >= 11 is 1.02. The van der Waals surface area contributed by atoms with Crippen LogP contribution in [-0.2, 0) is 9.59 Å². The minimum atomic E-state index is -1.64. The second-order valence-electron chi connectivity index (χ2n) is 8.01. The Kier molecular flexibility index (Phi) is 9.03. The molecule has 29 heavy (non-hydrogen) atoms. The number of amides is 1. The molecule has 0 aromatic heterocycles. The quantitative estimate of drug-likeness (QED) is 0.345. The summed E-state index contributed by atoms with van der Waals surface area (Å²) < 4.78 is 5.56. The molecule has 1 aromatic rings. The molecular formula is C23H35NO4S. The van der Waals surface area contributed by atoms with Crippen LogP contribution in [0.25, 0.3) is 0 Å². The number of thioether (sulfide) groups is 1. The Bertz CT molecular complexity index is 681. The van der Waals surface area contributed by atoms with Gasteiger partial charge in [-0.2, -0.15) is 0 Å². The van der Waals surface area contributed by atoms with Gasteiger partial charge in [0.1, 0.15) is 0 Å². The Balaban J connectivity index is 2.36. The predicted molar refractivity (Wildman–Crippen MR) is 119 cm³/mol. The molecule has 1 saturated carbocycles. The van der Waals surface area contributed by atoms with Gasteiger partial charge in [-0.1, -0.05) is 58.1 Å². The molecule has 0 spiro atoms. The highest BCUT2D eigenvalue weighted by molar-refractivity contribution is 8.00. The first-order valence-corrected chi connectivity index (χ1v) is 12.0. The lowest BCUT2D eigenvalue weighted by molar-refractivity contribution is -0.145. The standard InChI is InChI=1S/C23H35NO4S/c1-5-17(6-2)16-24(21(25)18-12-8-7-9-13-18)19-14-10-11-15-20(19)28-22(26)23(3,27)29-4/h10-11,14-15,17-18,27H,5-9,12-13,16H2,1-4H3. The summed E-state index contributed by atoms with van der Waals surface area (Å²) in [5.41, 5.74) is 0.611. The lowest BCUT2D eigenvalue weighted by Gasteiger charge is -2.33. The summed E-state index contributed by atoms with van der Waals surface area (Å²) in [5.74, 6) is 0.112. The van der Waals surface area contributed by atoms with Gasteiger partial charge in [-0.25, -0.2) is 4.79 Å². The van der Waals surface area contributed by atoms with Gasteiger partial charge < -0.3 is 14.7 Å². The number of esters is 1. The van der Waals surface area contributed by atoms with Gasteiger partial charge in [-0.15, -0.1) is 11.8 Å². The summed E-state index contributed by atoms with van der Waals surface area (Å²) in [6, 6.07) is 7.16. The summed E-state index contributed by atoms with van der Waals surface area (Å²) in [6.07, 6.45) is 8.81. The largest absolute Gasteiger partial charge is 0.422 e. The number of hydrogen-bond donors (Lipinski definition) is 1. The smallest absolute Gasteiger partial charge is 0.354 e. The molecule has 6 heteroatoms. The van der Waals surface area contributed by atoms with Crippen LogP contribution in [0.3, 0.4) is 0 Å². The predicted octanol–water partition coefficient (Wildman–Crippen LogP) is 5.01. The molecule has 0 saturated heterocycles. The molecule has 162 valence electrons. The summed E-state index contributed by atoms with van der Waals surface area (Å²) in [4.78, 5) is 26.1. The summed E-state index contributed by atoms with van der Waals surface area (Å²) in [5, 5.41) is 10.2. The van der Waals surface area contributed by atoms with Crippen molar-refractivity contribution in [3.63, 3.8) is 0 Å². The number of anilines is 1. The van der Waals surface area contributed by atoms with Crippen LogP contribution in [-0.4, -0.2) is 34.7 Å². The number of rotatable bonds is 9. The second-order valence-corrected chi connectivity index (χ2v) is 9.21. The molecule has 1 amide bonds. The Morgan fingerprint density at radius 3 is 2.41 bits per heavy atom. The molecule has 1 aliphatic carbocycles. The van der Waals surface area contributed by atoms with Gasteiger partial charge >= 0.3 is 5.97 Å². The Morgan fingerprint density at radius 1 is 1.21 bits per heavy atom. The van der Waals surface area contributed by atoms with Gasteiger partial charge in [0.25, 0.3) is 0 Å². The zero-order chi connectivity index (χ0) is 21.4. The Labute approximate surface area is 179 Å². The molecule has 1 unspecified atom stereocenters. The van der Waals surface area contributed by atoms with Crippen molar-refractivity contribution in [1.82, 2.24) is 0 Å². The lowest BCUT2D eigenvalue weighted by Crippen LogP contribution is -2.41. The fourth-order valence-electron chi connectivity index (χ4n) is 3.73. The van der Waals surface area contributed by atoms with E-state index in [1.54, 1.807) is 18.4 Å². The fourth-order valence-corrected chi connectivity index (χ4v) is 3.93. The highest BCUT2D eigenvalue weighted by Crippen LogP contribution is 2.35. The van der Waals surface area contributed by atoms with Gasteiger partial charge in [0.2, 0.25) is 10.8 Å². The third kappa shape index (κ3) is 6.22. The minimum absolute atomic E-state index is 0.0242. The number of para-hydroxylation sites is 2. The highest BCUT2D eigenvalue weighted by Gasteiger charge is 2.34. The van der Waals surface area contributed by atoms with Crippen LogP contribution in [0, 0.1) is 11.8 Å². The molecular weight excluding hydrogens is 386 g/mol. The van der Waals surface area contributed by atoms with E-state index in [9.17, 15) is 14.7 Å². The van der Waals surface area contributed by atoms with Gasteiger partial charge in [-0.05, 0) is 44.1 Å². The molecule has 1 N–H and O–H groups in total. The van der Waals surface area contributed by atoms with Crippen LogP contribution >= 0.6 is 11.8 Å². The summed E-state index contributed by atoms with van der Waals surface area (Å²) in [6.45, 7) is 6.30. The molecule has 0 radical (unpaired) electrons. The van der Waals surface area contributed by atoms with Crippen molar-refractivity contribution >= 4 is 29.3 Å². The number of ether oxygens (including phenoxy) is 1. The average Bonchev–Trinajstić information content (AvgIpc) is 2.75. The van der Waals surface area contributed by atoms with Crippen LogP contribution in [0.15, 0.2) is 24.3 Å². The topological polar surface area (TPSA) is 66.8 Å². The van der Waals surface area contributed by atoms with E-state index in [1.165, 1.54) is 13.3 Å². The second kappa shape index (κ2) is 11.0. The number of nitrogens with zero attached hydrogens (tertiary/aromatic N) is 1. The molecule has 0 aliphatic heterocycles. The van der Waals surface area contributed by atoms with Crippen LogP contribution in [0.4, 0.5) is 5.69 Å². The van der Waals surface area contributed by atoms with Crippen LogP contribution in [0.5, 0.6) is 5.75 Å². The van der Waals surface area contributed by atoms with Gasteiger partial charge in [0.05, 0.1) is 5.69 Å². The molecule has 1 aliphatic rings. The van der Waals surface area contributed by atoms with Crippen molar-refractivity contribution in [2.75, 3.05) is 17.7 Å². The van der Waals surface area contributed by atoms with Crippen molar-refractivity contribution in [3.8, 4) is 5.75 Å². The van der Waals surface area contributed by atoms with Gasteiger partial charge in [0.15, 0.2) is 5.75 Å². The van der Waals surface area contributed by atoms with Crippen molar-refractivity contribution in [1.29, 1.82) is 0 Å². The average molecular weight is 422 g/mol. The van der Waals surface area contributed by atoms with Crippen LogP contribution < -0.4 is 9.64 Å². The number of carbonyl (C=O) groups is 2. The number of hydrogen-bond acceptors (Lipinski definition) is 5. The molecule has 0 heterocycles. The van der Waals surface area contributed by atoms with Crippen molar-refractivity contribution in [3.05, 3.63) is 24.3 Å². The zero-order valence-corrected chi connectivity index (χ0v) is 19.0. The first kappa shape index (κ1) is 23.7. The first-order chi connectivity index (χ1) is 13.8. The number of benzene rings is 1. The van der Waals surface area contributed by atoms with E-state index in [1.807, 2.05) is 17.0 Å². The molecule has 1 atom stereocenters. The van der Waals surface area contributed by atoms with E-state index in [0.717, 1.165) is 50.3 Å². The van der Waals surface area contributed by atoms with E-state index in [0.29, 0.717) is 23.9 Å². The van der Waals surface area contributed by atoms with Crippen molar-refractivity contribution in [2.24, 2.45) is 11.8 Å². The third-order valence-corrected chi connectivity index (χ3v) is 6.91. The van der Waals surface area contributed by atoms with Crippen LogP contribution in [0.2, 0.25) is 0 Å². The monoisotopic (exact) mass is 421 g/mol. The van der Waals surface area contributed by atoms with Crippen LogP contribution in [0.1, 0.15) is 65.7 Å². The SMILES string of the molecule is CCC(CC)CN(C(=O)C1CCCCC1)c1ccccc1OC(=O)C(C)(O)SC. The maximum absolute atomic E-state index is 13.5. The van der Waals surface area contributed by atoms with Crippen molar-refractivity contribution in [2.45, 2.75) is 70.7 Å². The van der Waals surface area contributed by atoms with E-state index in [2.05, 4.69) is 13.8 Å². The molecule has 5 nitrogen and oxygen atoms in total. The maximum atomic E-state index is 13.5. The summed E-state index contributed by atoms with van der Waals surface area (Å²) in [7, 11) is 0. The van der Waals surface area contributed by atoms with E-state index in [4.69, 9.17) is 4.74 Å². The maximum Gasteiger partial charge on any atom is 0.354 e. The molecule has 0 bridgehead atoms. The first-order valence-electron chi connectivity index (χ1n) is 10.7. The zero-order valence-electron chi connectivity index (χ0n) is 18.1. The third-order valence-electron chi connectivity index (χ3n) is 5.95. The van der Waals surface area contributed by atoms with E-state index < -0.39 is 10.9 Å². The van der Waals surface area contributed by atoms with Gasteiger partial charge in [0, 0.05) is 12.5 Å². The van der Waals surface area contributed by atoms with Gasteiger partial charge in [-0.3, -0.25) is 4.79 Å². The Hall–Kier alpha value is -1.53. The fraction of sp³-hybridized carbons (Fsp3) is 0.652. The number of carbonyl (C=O) groups excluding carboxylic acids is 2. The highest BCUT2D eigenvalue weighted by atomic mass is 32.2. The molecule has 1 aromatic carbocycles. The van der Waals surface area contributed by atoms with E-state index >= 15 is 0 Å². The normalized spacial score (nSPS) is 17.0. The van der Waals surface area contributed by atoms with Crippen molar-refractivity contribution < 1.29 is 19.4 Å². The molecule has 1 fully saturated rings.